The van der Waals surface area contributed by atoms with E-state index in [1.165, 1.54) is 23.6 Å². The van der Waals surface area contributed by atoms with Crippen LogP contribution in [0.15, 0.2) is 18.2 Å². The molecule has 0 saturated carbocycles. The molecule has 0 aliphatic carbocycles. The first kappa shape index (κ1) is 19.5. The minimum atomic E-state index is -3.78. The van der Waals surface area contributed by atoms with Gasteiger partial charge in [0.2, 0.25) is 0 Å². The molecule has 2 heterocycles. The van der Waals surface area contributed by atoms with Gasteiger partial charge in [-0.1, -0.05) is 34.1 Å². The summed E-state index contributed by atoms with van der Waals surface area (Å²) in [4.78, 5) is 2.40. The molecule has 0 N–H and O–H groups in total. The maximum Gasteiger partial charge on any atom is 0.385 e. The monoisotopic (exact) mass is 382 g/mol. The molecule has 26 heavy (non-hydrogen) atoms. The molecule has 0 amide bonds. The first-order valence-electron chi connectivity index (χ1n) is 9.54. The number of hydrogen-bond acceptors (Lipinski definition) is 5. The van der Waals surface area contributed by atoms with E-state index in [9.17, 15) is 8.42 Å². The minimum absolute atomic E-state index is 0.0209. The van der Waals surface area contributed by atoms with Crippen LogP contribution in [0.2, 0.25) is 0 Å². The van der Waals surface area contributed by atoms with Crippen LogP contribution in [0.3, 0.4) is 0 Å². The lowest BCUT2D eigenvalue weighted by Gasteiger charge is -2.38. The number of ether oxygens (including phenoxy) is 1. The predicted octanol–water partition coefficient (Wildman–Crippen LogP) is 3.13. The Hall–Kier alpha value is -1.31. The fourth-order valence-electron chi connectivity index (χ4n) is 3.97. The van der Waals surface area contributed by atoms with Crippen LogP contribution in [0.25, 0.3) is 0 Å². The molecular weight excluding hydrogens is 352 g/mol. The summed E-state index contributed by atoms with van der Waals surface area (Å²) in [5.74, 6) is 1.16. The average Bonchev–Trinajstić information content (AvgIpc) is 2.87. The molecule has 1 saturated heterocycles. The molecule has 2 aliphatic heterocycles. The lowest BCUT2D eigenvalue weighted by atomic mass is 9.83. The Labute approximate surface area is 157 Å². The molecule has 146 valence electrons. The summed E-state index contributed by atoms with van der Waals surface area (Å²) in [7, 11) is -3.78. The van der Waals surface area contributed by atoms with Crippen LogP contribution in [0.1, 0.15) is 52.5 Å². The Kier molecular flexibility index (Phi) is 5.51. The number of fused-ring (bicyclic) bond motifs is 1. The highest BCUT2D eigenvalue weighted by Gasteiger charge is 2.45. The fourth-order valence-corrected chi connectivity index (χ4v) is 5.05. The van der Waals surface area contributed by atoms with Gasteiger partial charge in [0.1, 0.15) is 11.5 Å². The second-order valence-corrected chi connectivity index (χ2v) is 9.11. The third kappa shape index (κ3) is 3.57. The van der Waals surface area contributed by atoms with E-state index < -0.39 is 10.3 Å². The Morgan fingerprint density at radius 2 is 1.85 bits per heavy atom. The standard InChI is InChI=1S/C19H30N2O4S/c1-5-21(6-2)26(22,23)25-15-10-11-17-16(14-15)19(3,4)18(24-17)20-12-8-7-9-13-20/h10-11,14,18H,5-9,12-13H2,1-4H3. The predicted molar refractivity (Wildman–Crippen MR) is 102 cm³/mol. The molecule has 1 fully saturated rings. The third-order valence-corrected chi connectivity index (χ3v) is 7.00. The van der Waals surface area contributed by atoms with Gasteiger partial charge in [-0.15, -0.1) is 0 Å². The van der Waals surface area contributed by atoms with E-state index in [2.05, 4.69) is 18.7 Å². The number of benzene rings is 1. The van der Waals surface area contributed by atoms with Crippen molar-refractivity contribution in [2.75, 3.05) is 26.2 Å². The quantitative estimate of drug-likeness (QED) is 0.756. The normalized spacial score (nSPS) is 22.9. The van der Waals surface area contributed by atoms with Gasteiger partial charge < -0.3 is 8.92 Å². The van der Waals surface area contributed by atoms with Gasteiger partial charge in [0, 0.05) is 37.2 Å². The minimum Gasteiger partial charge on any atom is -0.474 e. The van der Waals surface area contributed by atoms with E-state index in [4.69, 9.17) is 8.92 Å². The summed E-state index contributed by atoms with van der Waals surface area (Å²) in [5.41, 5.74) is 0.769. The zero-order valence-corrected chi connectivity index (χ0v) is 17.0. The van der Waals surface area contributed by atoms with E-state index in [1.807, 2.05) is 12.1 Å². The highest BCUT2D eigenvalue weighted by atomic mass is 32.2. The van der Waals surface area contributed by atoms with E-state index in [-0.39, 0.29) is 11.6 Å². The third-order valence-electron chi connectivity index (χ3n) is 5.45. The number of likely N-dealkylation sites (tertiary alicyclic amines) is 1. The number of nitrogens with zero attached hydrogens (tertiary/aromatic N) is 2. The van der Waals surface area contributed by atoms with Crippen molar-refractivity contribution in [2.24, 2.45) is 0 Å². The van der Waals surface area contributed by atoms with E-state index >= 15 is 0 Å². The zero-order chi connectivity index (χ0) is 18.9. The van der Waals surface area contributed by atoms with Gasteiger partial charge in [-0.05, 0) is 31.0 Å². The van der Waals surface area contributed by atoms with Crippen molar-refractivity contribution >= 4 is 10.3 Å². The molecule has 3 rings (SSSR count). The van der Waals surface area contributed by atoms with Gasteiger partial charge in [-0.25, -0.2) is 0 Å². The van der Waals surface area contributed by atoms with E-state index in [0.29, 0.717) is 18.8 Å². The molecule has 1 aromatic rings. The smallest absolute Gasteiger partial charge is 0.385 e. The summed E-state index contributed by atoms with van der Waals surface area (Å²) in [5, 5.41) is 0. The van der Waals surface area contributed by atoms with Gasteiger partial charge in [-0.3, -0.25) is 4.90 Å². The molecule has 1 unspecified atom stereocenters. The maximum atomic E-state index is 12.4. The molecule has 6 nitrogen and oxygen atoms in total. The molecular formula is C19H30N2O4S. The van der Waals surface area contributed by atoms with Crippen molar-refractivity contribution in [1.29, 1.82) is 0 Å². The number of piperidine rings is 1. The molecule has 1 atom stereocenters. The lowest BCUT2D eigenvalue weighted by Crippen LogP contribution is -2.49. The SMILES string of the molecule is CCN(CC)S(=O)(=O)Oc1ccc2c(c1)C(C)(C)C(N1CCCCC1)O2. The number of rotatable bonds is 6. The van der Waals surface area contributed by atoms with Crippen LogP contribution < -0.4 is 8.92 Å². The average molecular weight is 383 g/mol. The summed E-state index contributed by atoms with van der Waals surface area (Å²) in [6.07, 6.45) is 3.65. The lowest BCUT2D eigenvalue weighted by molar-refractivity contribution is -0.0131. The molecule has 0 spiro atoms. The fraction of sp³-hybridized carbons (Fsp3) is 0.684. The van der Waals surface area contributed by atoms with E-state index in [0.717, 1.165) is 24.4 Å². The van der Waals surface area contributed by atoms with Crippen LogP contribution in [0, 0.1) is 0 Å². The largest absolute Gasteiger partial charge is 0.474 e. The van der Waals surface area contributed by atoms with Crippen LogP contribution in [0.5, 0.6) is 11.5 Å². The van der Waals surface area contributed by atoms with Crippen LogP contribution in [0.4, 0.5) is 0 Å². The molecule has 7 heteroatoms. The molecule has 0 radical (unpaired) electrons. The Morgan fingerprint density at radius 1 is 1.19 bits per heavy atom. The van der Waals surface area contributed by atoms with Crippen molar-refractivity contribution in [1.82, 2.24) is 9.21 Å². The van der Waals surface area contributed by atoms with Crippen LogP contribution in [-0.4, -0.2) is 50.0 Å². The van der Waals surface area contributed by atoms with Gasteiger partial charge in [-0.2, -0.15) is 12.7 Å². The number of hydrogen-bond donors (Lipinski definition) is 0. The second-order valence-electron chi connectivity index (χ2n) is 7.57. The van der Waals surface area contributed by atoms with Crippen molar-refractivity contribution < 1.29 is 17.3 Å². The first-order valence-corrected chi connectivity index (χ1v) is 10.9. The molecule has 2 aliphatic rings. The Bertz CT molecular complexity index is 738. The van der Waals surface area contributed by atoms with Gasteiger partial charge in [0.25, 0.3) is 0 Å². The summed E-state index contributed by atoms with van der Waals surface area (Å²) >= 11 is 0. The van der Waals surface area contributed by atoms with Crippen LogP contribution >= 0.6 is 0 Å². The van der Waals surface area contributed by atoms with Crippen LogP contribution in [-0.2, 0) is 15.7 Å². The first-order chi connectivity index (χ1) is 12.3. The topological polar surface area (TPSA) is 59.1 Å². The van der Waals surface area contributed by atoms with Gasteiger partial charge >= 0.3 is 10.3 Å². The van der Waals surface area contributed by atoms with Gasteiger partial charge in [0.15, 0.2) is 6.23 Å². The maximum absolute atomic E-state index is 12.4. The molecule has 1 aromatic carbocycles. The van der Waals surface area contributed by atoms with Crippen molar-refractivity contribution in [3.05, 3.63) is 23.8 Å². The molecule has 0 aromatic heterocycles. The second kappa shape index (κ2) is 7.37. The summed E-state index contributed by atoms with van der Waals surface area (Å²) in [6.45, 7) is 10.8. The van der Waals surface area contributed by atoms with Crippen molar-refractivity contribution in [3.63, 3.8) is 0 Å². The van der Waals surface area contributed by atoms with Crippen molar-refractivity contribution in [2.45, 2.75) is 58.6 Å². The highest BCUT2D eigenvalue weighted by molar-refractivity contribution is 7.84. The highest BCUT2D eigenvalue weighted by Crippen LogP contribution is 2.46. The van der Waals surface area contributed by atoms with Crippen molar-refractivity contribution in [3.8, 4) is 11.5 Å². The summed E-state index contributed by atoms with van der Waals surface area (Å²) < 4.78 is 37.7. The Morgan fingerprint density at radius 3 is 2.46 bits per heavy atom. The van der Waals surface area contributed by atoms with E-state index in [1.54, 1.807) is 19.9 Å². The molecule has 0 bridgehead atoms. The van der Waals surface area contributed by atoms with Gasteiger partial charge in [0.05, 0.1) is 0 Å². The Balaban J connectivity index is 1.84. The zero-order valence-electron chi connectivity index (χ0n) is 16.2. The summed E-state index contributed by atoms with van der Waals surface area (Å²) in [6, 6.07) is 5.32.